The molecule has 0 amide bonds. The first-order valence-electron chi connectivity index (χ1n) is 5.50. The van der Waals surface area contributed by atoms with Crippen LogP contribution in [-0.2, 0) is 0 Å². The predicted molar refractivity (Wildman–Crippen MR) is 52.1 cm³/mol. The maximum absolute atomic E-state index is 3.53. The van der Waals surface area contributed by atoms with Crippen molar-refractivity contribution in [2.45, 2.75) is 45.1 Å². The second-order valence-corrected chi connectivity index (χ2v) is 4.70. The van der Waals surface area contributed by atoms with Gasteiger partial charge in [0.05, 0.1) is 0 Å². The summed E-state index contributed by atoms with van der Waals surface area (Å²) in [5.74, 6) is 2.99. The van der Waals surface area contributed by atoms with Crippen molar-refractivity contribution >= 4 is 0 Å². The highest BCUT2D eigenvalue weighted by atomic mass is 14.9. The van der Waals surface area contributed by atoms with Crippen LogP contribution < -0.4 is 5.32 Å². The highest BCUT2D eigenvalue weighted by molar-refractivity contribution is 4.91. The lowest BCUT2D eigenvalue weighted by molar-refractivity contribution is 0.177. The molecule has 2 rings (SSSR count). The molecule has 1 nitrogen and oxygen atoms in total. The van der Waals surface area contributed by atoms with Gasteiger partial charge in [-0.15, -0.1) is 0 Å². The molecule has 0 saturated heterocycles. The van der Waals surface area contributed by atoms with E-state index in [-0.39, 0.29) is 0 Å². The average molecular weight is 167 g/mol. The first-order chi connectivity index (χ1) is 5.83. The molecular formula is C11H21N. The predicted octanol–water partition coefficient (Wildman–Crippen LogP) is 2.42. The number of hydrogen-bond donors (Lipinski definition) is 1. The summed E-state index contributed by atoms with van der Waals surface area (Å²) >= 11 is 0. The van der Waals surface area contributed by atoms with E-state index < -0.39 is 0 Å². The molecular weight excluding hydrogens is 146 g/mol. The normalized spacial score (nSPS) is 29.5. The summed E-state index contributed by atoms with van der Waals surface area (Å²) in [5.41, 5.74) is 0. The first kappa shape index (κ1) is 8.55. The van der Waals surface area contributed by atoms with Crippen LogP contribution in [0.4, 0.5) is 0 Å². The van der Waals surface area contributed by atoms with E-state index in [9.17, 15) is 0 Å². The van der Waals surface area contributed by atoms with Crippen molar-refractivity contribution in [2.75, 3.05) is 7.05 Å². The summed E-state index contributed by atoms with van der Waals surface area (Å²) in [6, 6.07) is 0.825. The Bertz CT molecular complexity index is 147. The zero-order chi connectivity index (χ0) is 8.55. The van der Waals surface area contributed by atoms with E-state index in [2.05, 4.69) is 19.3 Å². The third-order valence-electron chi connectivity index (χ3n) is 3.92. The fourth-order valence-corrected chi connectivity index (χ4v) is 2.64. The van der Waals surface area contributed by atoms with Crippen LogP contribution in [0.25, 0.3) is 0 Å². The van der Waals surface area contributed by atoms with Gasteiger partial charge >= 0.3 is 0 Å². The van der Waals surface area contributed by atoms with E-state index in [1.54, 1.807) is 0 Å². The highest BCUT2D eigenvalue weighted by Gasteiger charge is 2.37. The summed E-state index contributed by atoms with van der Waals surface area (Å²) in [4.78, 5) is 0. The molecule has 0 heterocycles. The third-order valence-corrected chi connectivity index (χ3v) is 3.92. The van der Waals surface area contributed by atoms with Crippen molar-refractivity contribution in [3.05, 3.63) is 0 Å². The fourth-order valence-electron chi connectivity index (χ4n) is 2.64. The molecule has 2 atom stereocenters. The Balaban J connectivity index is 1.86. The van der Waals surface area contributed by atoms with E-state index in [1.165, 1.54) is 32.1 Å². The van der Waals surface area contributed by atoms with Crippen LogP contribution in [0.2, 0.25) is 0 Å². The topological polar surface area (TPSA) is 12.0 Å². The van der Waals surface area contributed by atoms with Crippen molar-refractivity contribution < 1.29 is 0 Å². The molecule has 0 bridgehead atoms. The van der Waals surface area contributed by atoms with Crippen LogP contribution in [0.3, 0.4) is 0 Å². The Morgan fingerprint density at radius 1 is 1.08 bits per heavy atom. The Morgan fingerprint density at radius 2 is 1.75 bits per heavy atom. The molecule has 0 aromatic carbocycles. The zero-order valence-corrected chi connectivity index (χ0v) is 8.34. The summed E-state index contributed by atoms with van der Waals surface area (Å²) in [6.45, 7) is 2.44. The van der Waals surface area contributed by atoms with Crippen LogP contribution in [0.5, 0.6) is 0 Å². The monoisotopic (exact) mass is 167 g/mol. The minimum atomic E-state index is 0.825. The second kappa shape index (κ2) is 3.37. The Kier molecular flexibility index (Phi) is 2.40. The lowest BCUT2D eigenvalue weighted by Gasteiger charge is -2.37. The number of rotatable bonds is 4. The minimum absolute atomic E-state index is 0.825. The molecule has 2 unspecified atom stereocenters. The molecule has 0 aromatic rings. The van der Waals surface area contributed by atoms with Gasteiger partial charge in [-0.25, -0.2) is 0 Å². The van der Waals surface area contributed by atoms with Crippen molar-refractivity contribution in [3.63, 3.8) is 0 Å². The van der Waals surface area contributed by atoms with Gasteiger partial charge in [0.15, 0.2) is 0 Å². The van der Waals surface area contributed by atoms with Crippen molar-refractivity contribution in [3.8, 4) is 0 Å². The molecule has 2 aliphatic carbocycles. The Morgan fingerprint density at radius 3 is 2.08 bits per heavy atom. The summed E-state index contributed by atoms with van der Waals surface area (Å²) in [7, 11) is 2.14. The lowest BCUT2D eigenvalue weighted by atomic mass is 9.74. The Labute approximate surface area is 75.9 Å². The summed E-state index contributed by atoms with van der Waals surface area (Å²) < 4.78 is 0. The highest BCUT2D eigenvalue weighted by Crippen LogP contribution is 2.43. The van der Waals surface area contributed by atoms with Gasteiger partial charge in [0.25, 0.3) is 0 Å². The molecule has 1 heteroatoms. The molecule has 0 spiro atoms. The SMILES string of the molecule is CNC(C1CCC1)C(C)C1CC1. The average Bonchev–Trinajstić information content (AvgIpc) is 2.76. The molecule has 70 valence electrons. The summed E-state index contributed by atoms with van der Waals surface area (Å²) in [5, 5.41) is 3.53. The van der Waals surface area contributed by atoms with Gasteiger partial charge in [0, 0.05) is 6.04 Å². The van der Waals surface area contributed by atoms with Gasteiger partial charge in [0.1, 0.15) is 0 Å². The van der Waals surface area contributed by atoms with Crippen LogP contribution in [0.1, 0.15) is 39.0 Å². The van der Waals surface area contributed by atoms with Gasteiger partial charge in [-0.1, -0.05) is 13.3 Å². The number of hydrogen-bond acceptors (Lipinski definition) is 1. The standard InChI is InChI=1S/C11H21N/c1-8(9-6-7-9)11(12-2)10-4-3-5-10/h8-12H,3-7H2,1-2H3. The molecule has 1 N–H and O–H groups in total. The van der Waals surface area contributed by atoms with Gasteiger partial charge < -0.3 is 5.32 Å². The number of nitrogens with one attached hydrogen (secondary N) is 1. The molecule has 0 radical (unpaired) electrons. The minimum Gasteiger partial charge on any atom is -0.316 e. The molecule has 12 heavy (non-hydrogen) atoms. The smallest absolute Gasteiger partial charge is 0.0121 e. The van der Waals surface area contributed by atoms with E-state index in [4.69, 9.17) is 0 Å². The lowest BCUT2D eigenvalue weighted by Crippen LogP contribution is -2.42. The molecule has 2 fully saturated rings. The van der Waals surface area contributed by atoms with Gasteiger partial charge in [0.2, 0.25) is 0 Å². The van der Waals surface area contributed by atoms with Crippen LogP contribution in [-0.4, -0.2) is 13.1 Å². The van der Waals surface area contributed by atoms with Crippen LogP contribution in [0, 0.1) is 17.8 Å². The first-order valence-corrected chi connectivity index (χ1v) is 5.50. The van der Waals surface area contributed by atoms with E-state index in [0.717, 1.165) is 23.8 Å². The van der Waals surface area contributed by atoms with Crippen molar-refractivity contribution in [2.24, 2.45) is 17.8 Å². The molecule has 0 aliphatic heterocycles. The second-order valence-electron chi connectivity index (χ2n) is 4.70. The van der Waals surface area contributed by atoms with Crippen molar-refractivity contribution in [1.82, 2.24) is 5.32 Å². The maximum Gasteiger partial charge on any atom is 0.0121 e. The third kappa shape index (κ3) is 1.52. The molecule has 0 aromatic heterocycles. The van der Waals surface area contributed by atoms with Gasteiger partial charge in [-0.2, -0.15) is 0 Å². The van der Waals surface area contributed by atoms with E-state index in [0.29, 0.717) is 0 Å². The summed E-state index contributed by atoms with van der Waals surface area (Å²) in [6.07, 6.45) is 7.41. The molecule has 2 aliphatic rings. The largest absolute Gasteiger partial charge is 0.316 e. The van der Waals surface area contributed by atoms with Gasteiger partial charge in [-0.3, -0.25) is 0 Å². The van der Waals surface area contributed by atoms with Gasteiger partial charge in [-0.05, 0) is 50.5 Å². The van der Waals surface area contributed by atoms with Crippen LogP contribution >= 0.6 is 0 Å². The quantitative estimate of drug-likeness (QED) is 0.678. The van der Waals surface area contributed by atoms with Crippen molar-refractivity contribution in [1.29, 1.82) is 0 Å². The van der Waals surface area contributed by atoms with E-state index >= 15 is 0 Å². The van der Waals surface area contributed by atoms with E-state index in [1.807, 2.05) is 0 Å². The maximum atomic E-state index is 3.53. The zero-order valence-electron chi connectivity index (χ0n) is 8.34. The Hall–Kier alpha value is -0.0400. The fraction of sp³-hybridized carbons (Fsp3) is 1.00. The molecule has 2 saturated carbocycles. The van der Waals surface area contributed by atoms with Crippen LogP contribution in [0.15, 0.2) is 0 Å².